The fourth-order valence-electron chi connectivity index (χ4n) is 0.438. The van der Waals surface area contributed by atoms with Gasteiger partial charge in [0.05, 0.1) is 0 Å². The zero-order valence-corrected chi connectivity index (χ0v) is 8.29. The van der Waals surface area contributed by atoms with E-state index in [2.05, 4.69) is 10.2 Å². The van der Waals surface area contributed by atoms with Crippen LogP contribution in [-0.2, 0) is 0 Å². The molecule has 10 heavy (non-hydrogen) atoms. The van der Waals surface area contributed by atoms with E-state index in [9.17, 15) is 0 Å². The van der Waals surface area contributed by atoms with Crippen LogP contribution >= 0.6 is 0 Å². The molecule has 1 rings (SSSR count). The van der Waals surface area contributed by atoms with Crippen molar-refractivity contribution < 1.29 is 37.2 Å². The molecule has 0 N–H and O–H groups in total. The molecule has 1 aromatic rings. The summed E-state index contributed by atoms with van der Waals surface area (Å²) in [4.78, 5) is 0. The molecule has 0 spiro atoms. The molecule has 0 bridgehead atoms. The normalized spacial score (nSPS) is 6.20. The average Bonchev–Trinajstić information content (AvgIpc) is 1.69. The molecule has 4 heteroatoms. The molecule has 0 saturated carbocycles. The molecular weight excluding hydrogens is 207 g/mol. The first-order valence-corrected chi connectivity index (χ1v) is 2.66. The van der Waals surface area contributed by atoms with Crippen molar-refractivity contribution in [3.05, 3.63) is 30.3 Å². The predicted molar refractivity (Wildman–Crippen MR) is 31.8 cm³/mol. The van der Waals surface area contributed by atoms with E-state index in [1.54, 1.807) is 0 Å². The fraction of sp³-hybridized carbons (Fsp3) is 0. The van der Waals surface area contributed by atoms with Gasteiger partial charge in [-0.2, -0.15) is 0 Å². The first kappa shape index (κ1) is 16.7. The molecule has 0 aliphatic heterocycles. The number of benzene rings is 1. The Balaban J connectivity index is -0.000000163. The van der Waals surface area contributed by atoms with Crippen LogP contribution in [0.2, 0.25) is 0 Å². The van der Waals surface area contributed by atoms with E-state index in [0.717, 1.165) is 5.19 Å². The summed E-state index contributed by atoms with van der Waals surface area (Å²) in [6, 6.07) is 9.96. The molecule has 0 nitrogen and oxygen atoms in total. The second kappa shape index (κ2) is 9.31. The molecule has 0 saturated heterocycles. The van der Waals surface area contributed by atoms with E-state index >= 15 is 0 Å². The zero-order valence-electron chi connectivity index (χ0n) is 5.02. The minimum absolute atomic E-state index is 0. The molecule has 0 aliphatic carbocycles. The average molecular weight is 212 g/mol. The van der Waals surface area contributed by atoms with Gasteiger partial charge in [0.15, 0.2) is 0 Å². The van der Waals surface area contributed by atoms with Gasteiger partial charge in [-0.25, -0.2) is 0 Å². The first-order valence-electron chi connectivity index (χ1n) is 2.16. The van der Waals surface area contributed by atoms with Crippen LogP contribution in [0.5, 0.6) is 0 Å². The van der Waals surface area contributed by atoms with Crippen LogP contribution in [0.4, 0.5) is 0 Å². The van der Waals surface area contributed by atoms with Gasteiger partial charge in [0.2, 0.25) is 0 Å². The standard InChI is InChI=1S/C6H5Si.3ClH/c7-6-4-2-1-3-5-6;;;/h1-5H;3*1H/q+3;;;/p-3. The van der Waals surface area contributed by atoms with Crippen molar-refractivity contribution in [1.29, 1.82) is 0 Å². The summed E-state index contributed by atoms with van der Waals surface area (Å²) < 4.78 is 0. The first-order chi connectivity index (χ1) is 3.39. The summed E-state index contributed by atoms with van der Waals surface area (Å²) in [5.74, 6) is 0. The summed E-state index contributed by atoms with van der Waals surface area (Å²) in [5.41, 5.74) is 0. The Labute approximate surface area is 83.1 Å². The molecule has 54 valence electrons. The van der Waals surface area contributed by atoms with Crippen molar-refractivity contribution in [3.63, 3.8) is 0 Å². The summed E-state index contributed by atoms with van der Waals surface area (Å²) >= 11 is 0. The molecule has 0 radical (unpaired) electrons. The quantitative estimate of drug-likeness (QED) is 0.374. The Morgan fingerprint density at radius 1 is 0.800 bits per heavy atom. The Bertz CT molecular complexity index is 143. The van der Waals surface area contributed by atoms with Crippen LogP contribution in [0.1, 0.15) is 0 Å². The Kier molecular flexibility index (Phi) is 15.6. The Morgan fingerprint density at radius 2 is 1.20 bits per heavy atom. The second-order valence-electron chi connectivity index (χ2n) is 1.37. The molecule has 1 aromatic carbocycles. The van der Waals surface area contributed by atoms with Gasteiger partial charge >= 0.3 is 45.8 Å². The monoisotopic (exact) mass is 210 g/mol. The maximum absolute atomic E-state index is 3.36. The summed E-state index contributed by atoms with van der Waals surface area (Å²) in [6.07, 6.45) is 0. The van der Waals surface area contributed by atoms with E-state index in [1.807, 2.05) is 30.3 Å². The van der Waals surface area contributed by atoms with Gasteiger partial charge in [0.25, 0.3) is 0 Å². The predicted octanol–water partition coefficient (Wildman–Crippen LogP) is -8.51. The van der Waals surface area contributed by atoms with Gasteiger partial charge in [-0.05, 0) is 0 Å². The van der Waals surface area contributed by atoms with Crippen LogP contribution in [0, 0.1) is 0 Å². The van der Waals surface area contributed by atoms with Gasteiger partial charge in [-0.3, -0.25) is 0 Å². The third-order valence-corrected chi connectivity index (χ3v) is 1.11. The zero-order chi connectivity index (χ0) is 5.11. The van der Waals surface area contributed by atoms with Crippen molar-refractivity contribution >= 4 is 15.4 Å². The summed E-state index contributed by atoms with van der Waals surface area (Å²) in [6.45, 7) is 0. The molecule has 0 atom stereocenters. The summed E-state index contributed by atoms with van der Waals surface area (Å²) in [7, 11) is 3.36. The van der Waals surface area contributed by atoms with Crippen LogP contribution in [0.15, 0.2) is 30.3 Å². The van der Waals surface area contributed by atoms with E-state index in [4.69, 9.17) is 0 Å². The molecule has 0 aliphatic rings. The van der Waals surface area contributed by atoms with Crippen molar-refractivity contribution in [2.24, 2.45) is 0 Å². The summed E-state index contributed by atoms with van der Waals surface area (Å²) in [5, 5.41) is 1.13. The van der Waals surface area contributed by atoms with Crippen LogP contribution < -0.4 is 42.4 Å². The Hall–Kier alpha value is 0.307. The van der Waals surface area contributed by atoms with Crippen molar-refractivity contribution in [2.75, 3.05) is 0 Å². The molecule has 0 fully saturated rings. The molecule has 0 heterocycles. The Morgan fingerprint density at radius 3 is 1.40 bits per heavy atom. The minimum atomic E-state index is 0. The number of hydrogen-bond donors (Lipinski definition) is 0. The van der Waals surface area contributed by atoms with Crippen LogP contribution in [0.25, 0.3) is 0 Å². The van der Waals surface area contributed by atoms with E-state index in [1.165, 1.54) is 0 Å². The number of hydrogen-bond acceptors (Lipinski definition) is 0. The van der Waals surface area contributed by atoms with Crippen molar-refractivity contribution in [3.8, 4) is 0 Å². The van der Waals surface area contributed by atoms with E-state index < -0.39 is 0 Å². The fourth-order valence-corrected chi connectivity index (χ4v) is 0.631. The topological polar surface area (TPSA) is 0 Å². The van der Waals surface area contributed by atoms with Gasteiger partial charge in [-0.1, -0.05) is 0 Å². The maximum atomic E-state index is 3.36. The van der Waals surface area contributed by atoms with Crippen LogP contribution in [-0.4, -0.2) is 10.2 Å². The SMILES string of the molecule is [Cl-].[Cl-].[Cl-].[Si+3]c1ccccc1. The second-order valence-corrected chi connectivity index (χ2v) is 1.94. The molecule has 0 aromatic heterocycles. The molecular formula is C6H5Cl3Si. The van der Waals surface area contributed by atoms with E-state index in [-0.39, 0.29) is 37.2 Å². The van der Waals surface area contributed by atoms with E-state index in [0.29, 0.717) is 0 Å². The van der Waals surface area contributed by atoms with Gasteiger partial charge in [0, 0.05) is 0 Å². The van der Waals surface area contributed by atoms with Crippen molar-refractivity contribution in [1.82, 2.24) is 0 Å². The third-order valence-electron chi connectivity index (χ3n) is 0.774. The van der Waals surface area contributed by atoms with Crippen molar-refractivity contribution in [2.45, 2.75) is 0 Å². The molecule has 0 amide bonds. The van der Waals surface area contributed by atoms with Crippen LogP contribution in [0.3, 0.4) is 0 Å². The number of rotatable bonds is 0. The number of halogens is 3. The van der Waals surface area contributed by atoms with Gasteiger partial charge in [0.1, 0.15) is 0 Å². The van der Waals surface area contributed by atoms with Gasteiger partial charge in [-0.15, -0.1) is 0 Å². The van der Waals surface area contributed by atoms with Gasteiger partial charge < -0.3 is 37.2 Å². The third kappa shape index (κ3) is 6.43. The molecule has 0 unspecified atom stereocenters.